The average Bonchev–Trinajstić information content (AvgIpc) is 3.06. The van der Waals surface area contributed by atoms with Crippen LogP contribution in [0, 0.1) is 18.3 Å². The van der Waals surface area contributed by atoms with Crippen LogP contribution in [0.2, 0.25) is 0 Å². The largest absolute Gasteiger partial charge is 0.351 e. The second kappa shape index (κ2) is 11.5. The molecule has 0 aromatic carbocycles. The molecule has 0 saturated carbocycles. The van der Waals surface area contributed by atoms with E-state index in [2.05, 4.69) is 59.3 Å². The van der Waals surface area contributed by atoms with Crippen LogP contribution in [-0.4, -0.2) is 50.5 Å². The number of aromatic amines is 1. The van der Waals surface area contributed by atoms with Crippen molar-refractivity contribution >= 4 is 24.5 Å². The maximum Gasteiger partial charge on any atom is 0.330 e. The van der Waals surface area contributed by atoms with Crippen LogP contribution < -0.4 is 11.2 Å². The maximum absolute atomic E-state index is 12.3. The summed E-state index contributed by atoms with van der Waals surface area (Å²) in [5.74, 6) is 0. The van der Waals surface area contributed by atoms with Gasteiger partial charge >= 0.3 is 5.69 Å². The Balaban J connectivity index is 2.24. The third kappa shape index (κ3) is 6.22. The lowest BCUT2D eigenvalue weighted by atomic mass is 10.2. The van der Waals surface area contributed by atoms with E-state index in [0.29, 0.717) is 17.3 Å². The second-order valence-electron chi connectivity index (χ2n) is 7.69. The summed E-state index contributed by atoms with van der Waals surface area (Å²) >= 11 is 3.47. The van der Waals surface area contributed by atoms with Crippen LogP contribution in [0.3, 0.4) is 0 Å². The van der Waals surface area contributed by atoms with Gasteiger partial charge in [0.25, 0.3) is 14.1 Å². The molecule has 1 aromatic rings. The van der Waals surface area contributed by atoms with Gasteiger partial charge in [-0.1, -0.05) is 15.9 Å². The number of ether oxygens (including phenoxy) is 1. The van der Waals surface area contributed by atoms with Crippen molar-refractivity contribution in [2.45, 2.75) is 78.0 Å². The summed E-state index contributed by atoms with van der Waals surface area (Å²) < 4.78 is 22.0. The predicted octanol–water partition coefficient (Wildman–Crippen LogP) is 3.19. The Labute approximate surface area is 186 Å². The summed E-state index contributed by atoms with van der Waals surface area (Å²) in [6.45, 7) is 10.2. The molecule has 11 heteroatoms. The lowest BCUT2D eigenvalue weighted by molar-refractivity contribution is -0.00577. The van der Waals surface area contributed by atoms with Gasteiger partial charge in [-0.25, -0.2) is 9.46 Å². The number of nitrogens with one attached hydrogen (secondary N) is 1. The van der Waals surface area contributed by atoms with Crippen LogP contribution in [0.25, 0.3) is 0 Å². The molecule has 1 fully saturated rings. The van der Waals surface area contributed by atoms with Crippen LogP contribution in [0.4, 0.5) is 0 Å². The van der Waals surface area contributed by atoms with Gasteiger partial charge in [0.15, 0.2) is 0 Å². The molecule has 0 aliphatic carbocycles. The van der Waals surface area contributed by atoms with Crippen molar-refractivity contribution in [2.75, 3.05) is 11.9 Å². The number of halogens is 1. The summed E-state index contributed by atoms with van der Waals surface area (Å²) in [5, 5.41) is 9.39. The molecular formula is C19H30BrN4O5P. The monoisotopic (exact) mass is 504 g/mol. The van der Waals surface area contributed by atoms with Crippen LogP contribution >= 0.6 is 24.5 Å². The van der Waals surface area contributed by atoms with Crippen LogP contribution in [0.5, 0.6) is 0 Å². The molecule has 1 aliphatic heterocycles. The zero-order valence-corrected chi connectivity index (χ0v) is 20.5. The van der Waals surface area contributed by atoms with Crippen molar-refractivity contribution in [1.29, 1.82) is 5.26 Å². The molecule has 1 N–H and O–H groups in total. The van der Waals surface area contributed by atoms with E-state index >= 15 is 0 Å². The fourth-order valence-electron chi connectivity index (χ4n) is 3.33. The summed E-state index contributed by atoms with van der Waals surface area (Å²) in [6, 6.07) is 2.46. The number of H-pyrrole nitrogens is 1. The Morgan fingerprint density at radius 1 is 1.40 bits per heavy atom. The predicted molar refractivity (Wildman–Crippen MR) is 118 cm³/mol. The highest BCUT2D eigenvalue weighted by atomic mass is 79.9. The molecule has 0 amide bonds. The zero-order chi connectivity index (χ0) is 22.4. The molecule has 0 spiro atoms. The van der Waals surface area contributed by atoms with Gasteiger partial charge in [-0.05, 0) is 34.6 Å². The van der Waals surface area contributed by atoms with Gasteiger partial charge in [0.1, 0.15) is 6.23 Å². The Kier molecular flexibility index (Phi) is 9.67. The first-order chi connectivity index (χ1) is 14.2. The van der Waals surface area contributed by atoms with Gasteiger partial charge in [0.05, 0.1) is 31.3 Å². The molecule has 2 heterocycles. The van der Waals surface area contributed by atoms with Crippen molar-refractivity contribution in [1.82, 2.24) is 14.2 Å². The number of nitriles is 1. The number of nitrogens with zero attached hydrogens (tertiary/aromatic N) is 3. The van der Waals surface area contributed by atoms with Gasteiger partial charge in [-0.15, -0.1) is 0 Å². The lowest BCUT2D eigenvalue weighted by Crippen LogP contribution is -2.36. The minimum Gasteiger partial charge on any atom is -0.351 e. The SMILES string of the molecule is Cc1cn([C@H]2C[C@@H](OP(OCCC#N)N(C(C)C)C(C)C)[C@@H](CBr)O2)c(=O)[nH]c1=O. The lowest BCUT2D eigenvalue weighted by Gasteiger charge is -2.37. The molecule has 0 radical (unpaired) electrons. The zero-order valence-electron chi connectivity index (χ0n) is 18.0. The van der Waals surface area contributed by atoms with Gasteiger partial charge in [-0.3, -0.25) is 14.3 Å². The third-order valence-electron chi connectivity index (χ3n) is 4.68. The number of hydrogen-bond donors (Lipinski definition) is 1. The molecule has 9 nitrogen and oxygen atoms in total. The molecule has 1 aliphatic rings. The van der Waals surface area contributed by atoms with Gasteiger partial charge in [0.2, 0.25) is 0 Å². The number of aromatic nitrogens is 2. The van der Waals surface area contributed by atoms with E-state index < -0.39 is 26.0 Å². The molecule has 2 rings (SSSR count). The Morgan fingerprint density at radius 3 is 2.63 bits per heavy atom. The first-order valence-electron chi connectivity index (χ1n) is 9.98. The van der Waals surface area contributed by atoms with Crippen LogP contribution in [0.15, 0.2) is 15.8 Å². The minimum atomic E-state index is -1.43. The topological polar surface area (TPSA) is 110 Å². The Hall–Kier alpha value is -1.08. The summed E-state index contributed by atoms with van der Waals surface area (Å²) in [5.41, 5.74) is -0.480. The fourth-order valence-corrected chi connectivity index (χ4v) is 5.66. The number of aryl methyl sites for hydroxylation is 1. The summed E-state index contributed by atoms with van der Waals surface area (Å²) in [6.07, 6.45) is 1.07. The van der Waals surface area contributed by atoms with E-state index in [4.69, 9.17) is 19.0 Å². The highest BCUT2D eigenvalue weighted by molar-refractivity contribution is 9.09. The molecule has 0 bridgehead atoms. The Bertz CT molecular complexity index is 845. The molecule has 1 unspecified atom stereocenters. The number of alkyl halides is 1. The standard InChI is InChI=1S/C19H30BrN4O5P/c1-12(2)24(13(3)4)30(27-8-6-7-21)29-15-9-17(28-16(15)10-20)23-11-14(5)18(25)22-19(23)26/h11-13,15-17H,6,8-10H2,1-5H3,(H,22,25,26)/t15-,16-,17-,30?/m1/s1. The highest BCUT2D eigenvalue weighted by Gasteiger charge is 2.41. The van der Waals surface area contributed by atoms with Crippen molar-refractivity contribution in [3.05, 3.63) is 32.6 Å². The fraction of sp³-hybridized carbons (Fsp3) is 0.737. The van der Waals surface area contributed by atoms with E-state index in [-0.39, 0.29) is 37.3 Å². The normalized spacial score (nSPS) is 22.7. The smallest absolute Gasteiger partial charge is 0.330 e. The first kappa shape index (κ1) is 25.2. The van der Waals surface area contributed by atoms with Crippen LogP contribution in [-0.2, 0) is 13.8 Å². The van der Waals surface area contributed by atoms with E-state index in [1.54, 1.807) is 6.92 Å². The molecule has 1 saturated heterocycles. The van der Waals surface area contributed by atoms with Crippen molar-refractivity contribution in [3.8, 4) is 6.07 Å². The van der Waals surface area contributed by atoms with E-state index in [0.717, 1.165) is 0 Å². The third-order valence-corrected chi connectivity index (χ3v) is 7.47. The highest BCUT2D eigenvalue weighted by Crippen LogP contribution is 2.50. The molecule has 1 aromatic heterocycles. The van der Waals surface area contributed by atoms with Crippen molar-refractivity contribution in [2.24, 2.45) is 0 Å². The maximum atomic E-state index is 12.3. The molecule has 30 heavy (non-hydrogen) atoms. The summed E-state index contributed by atoms with van der Waals surface area (Å²) in [4.78, 5) is 26.3. The Morgan fingerprint density at radius 2 is 2.07 bits per heavy atom. The minimum absolute atomic E-state index is 0.184. The number of hydrogen-bond acceptors (Lipinski definition) is 7. The van der Waals surface area contributed by atoms with Crippen molar-refractivity contribution in [3.63, 3.8) is 0 Å². The second-order valence-corrected chi connectivity index (χ2v) is 9.74. The average molecular weight is 505 g/mol. The summed E-state index contributed by atoms with van der Waals surface area (Å²) in [7, 11) is -1.43. The van der Waals surface area contributed by atoms with E-state index in [9.17, 15) is 9.59 Å². The first-order valence-corrected chi connectivity index (χ1v) is 12.2. The quantitative estimate of drug-likeness (QED) is 0.296. The van der Waals surface area contributed by atoms with Crippen LogP contribution in [0.1, 0.15) is 52.3 Å². The van der Waals surface area contributed by atoms with E-state index in [1.807, 2.05) is 0 Å². The van der Waals surface area contributed by atoms with Gasteiger partial charge in [0, 0.05) is 35.6 Å². The number of rotatable bonds is 10. The molecule has 4 atom stereocenters. The van der Waals surface area contributed by atoms with Gasteiger partial charge < -0.3 is 13.8 Å². The molecular weight excluding hydrogens is 475 g/mol. The van der Waals surface area contributed by atoms with Crippen molar-refractivity contribution < 1.29 is 13.8 Å². The molecule has 168 valence electrons. The van der Waals surface area contributed by atoms with Gasteiger partial charge in [-0.2, -0.15) is 5.26 Å². The van der Waals surface area contributed by atoms with E-state index in [1.165, 1.54) is 10.8 Å².